The summed E-state index contributed by atoms with van der Waals surface area (Å²) in [6.07, 6.45) is 1.87. The van der Waals surface area contributed by atoms with Gasteiger partial charge in [0, 0.05) is 24.8 Å². The summed E-state index contributed by atoms with van der Waals surface area (Å²) in [4.78, 5) is 14.3. The van der Waals surface area contributed by atoms with Gasteiger partial charge in [-0.2, -0.15) is 0 Å². The number of aliphatic hydroxyl groups excluding tert-OH is 1. The van der Waals surface area contributed by atoms with Crippen LogP contribution in [0.15, 0.2) is 18.2 Å². The predicted molar refractivity (Wildman–Crippen MR) is 73.2 cm³/mol. The minimum atomic E-state index is -0.0651. The maximum atomic E-state index is 12.5. The number of carbonyl (C=O) groups excluding carboxylic acids is 1. The van der Waals surface area contributed by atoms with Crippen LogP contribution in [0.3, 0.4) is 0 Å². The number of nitrogens with zero attached hydrogens (tertiary/aromatic N) is 1. The summed E-state index contributed by atoms with van der Waals surface area (Å²) >= 11 is 0. The zero-order valence-electron chi connectivity index (χ0n) is 11.5. The molecule has 1 aromatic carbocycles. The first-order valence-corrected chi connectivity index (χ1v) is 6.73. The fourth-order valence-electron chi connectivity index (χ4n) is 2.67. The fraction of sp³-hybridized carbons (Fsp3) is 0.533. The van der Waals surface area contributed by atoms with Crippen LogP contribution in [0.4, 0.5) is 0 Å². The summed E-state index contributed by atoms with van der Waals surface area (Å²) in [5.74, 6) is 0.218. The number of phenols is 1. The molecule has 0 radical (unpaired) electrons. The highest BCUT2D eigenvalue weighted by Gasteiger charge is 2.29. The Hall–Kier alpha value is -1.55. The Morgan fingerprint density at radius 3 is 2.74 bits per heavy atom. The minimum Gasteiger partial charge on any atom is -0.508 e. The van der Waals surface area contributed by atoms with Crippen LogP contribution < -0.4 is 0 Å². The molecule has 19 heavy (non-hydrogen) atoms. The molecule has 4 nitrogen and oxygen atoms in total. The molecule has 2 N–H and O–H groups in total. The van der Waals surface area contributed by atoms with E-state index in [-0.39, 0.29) is 30.2 Å². The molecule has 0 bridgehead atoms. The van der Waals surface area contributed by atoms with Gasteiger partial charge >= 0.3 is 0 Å². The third-order valence-corrected chi connectivity index (χ3v) is 3.81. The number of aryl methyl sites for hydroxylation is 1. The number of carbonyl (C=O) groups is 1. The molecule has 0 aliphatic carbocycles. The third kappa shape index (κ3) is 3.07. The van der Waals surface area contributed by atoms with Crippen molar-refractivity contribution in [3.8, 4) is 5.75 Å². The van der Waals surface area contributed by atoms with E-state index in [1.54, 1.807) is 17.0 Å². The number of hydrogen-bond donors (Lipinski definition) is 2. The predicted octanol–water partition coefficient (Wildman–Crippen LogP) is 1.93. The largest absolute Gasteiger partial charge is 0.508 e. The van der Waals surface area contributed by atoms with Gasteiger partial charge < -0.3 is 15.1 Å². The average molecular weight is 263 g/mol. The number of benzene rings is 1. The topological polar surface area (TPSA) is 60.8 Å². The molecule has 1 heterocycles. The van der Waals surface area contributed by atoms with Gasteiger partial charge in [0.1, 0.15) is 5.75 Å². The number of phenolic OH excluding ortho intramolecular Hbond substituents is 1. The second-order valence-corrected chi connectivity index (χ2v) is 5.49. The van der Waals surface area contributed by atoms with Crippen LogP contribution in [0, 0.1) is 12.8 Å². The summed E-state index contributed by atoms with van der Waals surface area (Å²) in [6, 6.07) is 5.10. The zero-order valence-corrected chi connectivity index (χ0v) is 11.5. The lowest BCUT2D eigenvalue weighted by Gasteiger charge is -2.37. The maximum absolute atomic E-state index is 12.5. The molecular weight excluding hydrogens is 242 g/mol. The van der Waals surface area contributed by atoms with E-state index in [9.17, 15) is 15.0 Å². The molecule has 1 saturated heterocycles. The van der Waals surface area contributed by atoms with Crippen molar-refractivity contribution in [2.75, 3.05) is 13.2 Å². The monoisotopic (exact) mass is 263 g/mol. The number of amides is 1. The van der Waals surface area contributed by atoms with Crippen LogP contribution >= 0.6 is 0 Å². The second kappa shape index (κ2) is 5.61. The Labute approximate surface area is 113 Å². The van der Waals surface area contributed by atoms with Crippen LogP contribution in [0.1, 0.15) is 35.7 Å². The van der Waals surface area contributed by atoms with Crippen molar-refractivity contribution in [2.24, 2.45) is 5.92 Å². The van der Waals surface area contributed by atoms with E-state index in [0.29, 0.717) is 12.1 Å². The smallest absolute Gasteiger partial charge is 0.254 e. The van der Waals surface area contributed by atoms with Crippen molar-refractivity contribution in [1.29, 1.82) is 0 Å². The number of piperidine rings is 1. The summed E-state index contributed by atoms with van der Waals surface area (Å²) in [6.45, 7) is 4.59. The highest BCUT2D eigenvalue weighted by Crippen LogP contribution is 2.25. The molecule has 4 heteroatoms. The lowest BCUT2D eigenvalue weighted by atomic mass is 9.93. The van der Waals surface area contributed by atoms with Crippen molar-refractivity contribution in [3.63, 3.8) is 0 Å². The number of hydrogen-bond acceptors (Lipinski definition) is 3. The summed E-state index contributed by atoms with van der Waals surface area (Å²) in [7, 11) is 0. The lowest BCUT2D eigenvalue weighted by Crippen LogP contribution is -2.46. The number of rotatable bonds is 2. The van der Waals surface area contributed by atoms with Gasteiger partial charge in [-0.3, -0.25) is 4.79 Å². The molecule has 2 atom stereocenters. The van der Waals surface area contributed by atoms with Gasteiger partial charge in [0.15, 0.2) is 0 Å². The molecule has 0 aromatic heterocycles. The van der Waals surface area contributed by atoms with Gasteiger partial charge in [-0.1, -0.05) is 0 Å². The van der Waals surface area contributed by atoms with E-state index < -0.39 is 0 Å². The average Bonchev–Trinajstić information content (AvgIpc) is 2.37. The van der Waals surface area contributed by atoms with E-state index in [1.807, 2.05) is 13.8 Å². The number of aromatic hydroxyl groups is 1. The van der Waals surface area contributed by atoms with Gasteiger partial charge in [0.2, 0.25) is 0 Å². The molecule has 2 unspecified atom stereocenters. The maximum Gasteiger partial charge on any atom is 0.254 e. The van der Waals surface area contributed by atoms with E-state index in [1.165, 1.54) is 6.07 Å². The van der Waals surface area contributed by atoms with Crippen molar-refractivity contribution in [3.05, 3.63) is 29.3 Å². The van der Waals surface area contributed by atoms with Gasteiger partial charge in [-0.05, 0) is 56.4 Å². The summed E-state index contributed by atoms with van der Waals surface area (Å²) < 4.78 is 0. The third-order valence-electron chi connectivity index (χ3n) is 3.81. The van der Waals surface area contributed by atoms with Crippen molar-refractivity contribution in [2.45, 2.75) is 32.7 Å². The Balaban J connectivity index is 2.21. The molecule has 2 rings (SSSR count). The quantitative estimate of drug-likeness (QED) is 0.857. The van der Waals surface area contributed by atoms with E-state index >= 15 is 0 Å². The summed E-state index contributed by atoms with van der Waals surface area (Å²) in [5.41, 5.74) is 1.38. The Morgan fingerprint density at radius 1 is 1.37 bits per heavy atom. The molecule has 1 aliphatic rings. The first kappa shape index (κ1) is 13.9. The van der Waals surface area contributed by atoms with Gasteiger partial charge in [-0.15, -0.1) is 0 Å². The molecule has 1 aliphatic heterocycles. The van der Waals surface area contributed by atoms with Crippen molar-refractivity contribution < 1.29 is 15.0 Å². The summed E-state index contributed by atoms with van der Waals surface area (Å²) in [5, 5.41) is 18.9. The van der Waals surface area contributed by atoms with Gasteiger partial charge in [0.05, 0.1) is 0 Å². The molecule has 1 amide bonds. The standard InChI is InChI=1S/C15H21NO3/c1-10-5-13(7-14(18)6-10)15(19)16-8-12(9-17)4-3-11(16)2/h5-7,11-12,17-18H,3-4,8-9H2,1-2H3. The van der Waals surface area contributed by atoms with Gasteiger partial charge in [-0.25, -0.2) is 0 Å². The fourth-order valence-corrected chi connectivity index (χ4v) is 2.67. The first-order valence-electron chi connectivity index (χ1n) is 6.73. The zero-order chi connectivity index (χ0) is 14.0. The van der Waals surface area contributed by atoms with E-state index in [2.05, 4.69) is 0 Å². The Kier molecular flexibility index (Phi) is 4.10. The van der Waals surface area contributed by atoms with Crippen LogP contribution in [-0.4, -0.2) is 40.2 Å². The Morgan fingerprint density at radius 2 is 2.11 bits per heavy atom. The van der Waals surface area contributed by atoms with E-state index in [4.69, 9.17) is 0 Å². The highest BCUT2D eigenvalue weighted by atomic mass is 16.3. The van der Waals surface area contributed by atoms with Crippen LogP contribution in [0.5, 0.6) is 5.75 Å². The molecule has 0 spiro atoms. The van der Waals surface area contributed by atoms with E-state index in [0.717, 1.165) is 18.4 Å². The van der Waals surface area contributed by atoms with Crippen LogP contribution in [-0.2, 0) is 0 Å². The molecule has 1 aromatic rings. The van der Waals surface area contributed by atoms with Crippen LogP contribution in [0.25, 0.3) is 0 Å². The van der Waals surface area contributed by atoms with Crippen molar-refractivity contribution >= 4 is 5.91 Å². The first-order chi connectivity index (χ1) is 9.01. The molecule has 1 fully saturated rings. The highest BCUT2D eigenvalue weighted by molar-refractivity contribution is 5.95. The number of aliphatic hydroxyl groups is 1. The molecule has 0 saturated carbocycles. The second-order valence-electron chi connectivity index (χ2n) is 5.49. The van der Waals surface area contributed by atoms with Crippen LogP contribution in [0.2, 0.25) is 0 Å². The SMILES string of the molecule is Cc1cc(O)cc(C(=O)N2CC(CO)CCC2C)c1. The minimum absolute atomic E-state index is 0.0651. The van der Waals surface area contributed by atoms with Crippen molar-refractivity contribution in [1.82, 2.24) is 4.90 Å². The number of likely N-dealkylation sites (tertiary alicyclic amines) is 1. The normalized spacial score (nSPS) is 23.4. The molecule has 104 valence electrons. The van der Waals surface area contributed by atoms with Gasteiger partial charge in [0.25, 0.3) is 5.91 Å². The molecular formula is C15H21NO3. The Bertz CT molecular complexity index is 452. The lowest BCUT2D eigenvalue weighted by molar-refractivity contribution is 0.0488.